The van der Waals surface area contributed by atoms with Crippen LogP contribution in [0.1, 0.15) is 13.8 Å². The van der Waals surface area contributed by atoms with Crippen LogP contribution in [0, 0.1) is 0 Å². The van der Waals surface area contributed by atoms with Crippen LogP contribution < -0.4 is 16.0 Å². The second-order valence-corrected chi connectivity index (χ2v) is 4.78. The fraction of sp³-hybridized carbons (Fsp3) is 0.357. The van der Waals surface area contributed by atoms with E-state index in [2.05, 4.69) is 10.6 Å². The zero-order chi connectivity index (χ0) is 17.6. The quantitative estimate of drug-likeness (QED) is 0.757. The molecule has 3 N–H and O–H groups in total. The number of amides is 3. The average Bonchev–Trinajstić information content (AvgIpc) is 2.46. The van der Waals surface area contributed by atoms with Gasteiger partial charge in [0.05, 0.1) is 0 Å². The lowest BCUT2D eigenvalue weighted by molar-refractivity contribution is -0.174. The van der Waals surface area contributed by atoms with Crippen molar-refractivity contribution in [1.29, 1.82) is 0 Å². The average molecular weight is 331 g/mol. The van der Waals surface area contributed by atoms with Crippen LogP contribution in [0.3, 0.4) is 0 Å². The maximum absolute atomic E-state index is 12.1. The first-order valence-corrected chi connectivity index (χ1v) is 6.65. The molecule has 1 aromatic carbocycles. The van der Waals surface area contributed by atoms with E-state index >= 15 is 0 Å². The van der Waals surface area contributed by atoms with Crippen LogP contribution in [0.15, 0.2) is 30.3 Å². The number of rotatable bonds is 5. The zero-order valence-corrected chi connectivity index (χ0v) is 12.4. The van der Waals surface area contributed by atoms with E-state index in [9.17, 15) is 27.6 Å². The lowest BCUT2D eigenvalue weighted by Crippen LogP contribution is -2.52. The van der Waals surface area contributed by atoms with Gasteiger partial charge in [-0.1, -0.05) is 18.2 Å². The molecular weight excluding hydrogens is 315 g/mol. The number of halogens is 3. The summed E-state index contributed by atoms with van der Waals surface area (Å²) in [5.41, 5.74) is 0.511. The molecule has 0 fully saturated rings. The molecule has 0 radical (unpaired) electrons. The number of carbonyl (C=O) groups is 3. The summed E-state index contributed by atoms with van der Waals surface area (Å²) < 4.78 is 36.3. The second-order valence-electron chi connectivity index (χ2n) is 4.78. The maximum Gasteiger partial charge on any atom is 0.471 e. The summed E-state index contributed by atoms with van der Waals surface area (Å²) in [5, 5.41) is 6.26. The Morgan fingerprint density at radius 3 is 1.96 bits per heavy atom. The van der Waals surface area contributed by atoms with E-state index in [-0.39, 0.29) is 0 Å². The van der Waals surface area contributed by atoms with Crippen LogP contribution in [-0.2, 0) is 14.4 Å². The fourth-order valence-corrected chi connectivity index (χ4v) is 1.52. The highest BCUT2D eigenvalue weighted by Gasteiger charge is 2.40. The lowest BCUT2D eigenvalue weighted by Gasteiger charge is -2.18. The van der Waals surface area contributed by atoms with Crippen LogP contribution in [0.25, 0.3) is 0 Å². The molecular formula is C14H16F3N3O3. The van der Waals surface area contributed by atoms with Crippen LogP contribution in [-0.4, -0.2) is 36.0 Å². The molecule has 1 aromatic rings. The maximum atomic E-state index is 12.1. The highest BCUT2D eigenvalue weighted by Crippen LogP contribution is 2.14. The van der Waals surface area contributed by atoms with Crippen molar-refractivity contribution in [1.82, 2.24) is 10.6 Å². The Morgan fingerprint density at radius 2 is 1.43 bits per heavy atom. The van der Waals surface area contributed by atoms with Crippen LogP contribution >= 0.6 is 0 Å². The number of alkyl halides is 3. The minimum absolute atomic E-state index is 0.511. The summed E-state index contributed by atoms with van der Waals surface area (Å²) in [7, 11) is 0. The fourth-order valence-electron chi connectivity index (χ4n) is 1.52. The lowest BCUT2D eigenvalue weighted by atomic mass is 10.2. The number of nitrogens with one attached hydrogen (secondary N) is 3. The van der Waals surface area contributed by atoms with E-state index in [0.717, 1.165) is 6.92 Å². The van der Waals surface area contributed by atoms with Gasteiger partial charge in [0.2, 0.25) is 11.8 Å². The molecule has 9 heteroatoms. The van der Waals surface area contributed by atoms with Crippen molar-refractivity contribution in [2.75, 3.05) is 5.32 Å². The Hall–Kier alpha value is -2.58. The molecule has 3 amide bonds. The largest absolute Gasteiger partial charge is 0.471 e. The minimum Gasteiger partial charge on any atom is -0.343 e. The SMILES string of the molecule is C[C@H](NC(=O)[C@H](C)NC(=O)C(F)(F)F)C(=O)Nc1ccccc1. The Balaban J connectivity index is 2.52. The van der Waals surface area contributed by atoms with Crippen LogP contribution in [0.2, 0.25) is 0 Å². The predicted octanol–water partition coefficient (Wildman–Crippen LogP) is 1.20. The smallest absolute Gasteiger partial charge is 0.343 e. The zero-order valence-electron chi connectivity index (χ0n) is 12.4. The van der Waals surface area contributed by atoms with Crippen LogP contribution in [0.5, 0.6) is 0 Å². The molecule has 1 rings (SSSR count). The highest BCUT2D eigenvalue weighted by atomic mass is 19.4. The first-order chi connectivity index (χ1) is 10.6. The number of para-hydroxylation sites is 1. The van der Waals surface area contributed by atoms with E-state index in [0.29, 0.717) is 5.69 Å². The molecule has 23 heavy (non-hydrogen) atoms. The Kier molecular flexibility index (Phi) is 6.11. The molecule has 0 aliphatic rings. The Labute approximate surface area is 130 Å². The molecule has 0 heterocycles. The van der Waals surface area contributed by atoms with Crippen molar-refractivity contribution in [2.24, 2.45) is 0 Å². The van der Waals surface area contributed by atoms with Gasteiger partial charge < -0.3 is 16.0 Å². The van der Waals surface area contributed by atoms with Gasteiger partial charge in [-0.05, 0) is 26.0 Å². The Morgan fingerprint density at radius 1 is 0.913 bits per heavy atom. The van der Waals surface area contributed by atoms with E-state index in [4.69, 9.17) is 0 Å². The first kappa shape index (κ1) is 18.5. The number of carbonyl (C=O) groups excluding carboxylic acids is 3. The van der Waals surface area contributed by atoms with Gasteiger partial charge in [-0.2, -0.15) is 13.2 Å². The van der Waals surface area contributed by atoms with Gasteiger partial charge in [-0.25, -0.2) is 0 Å². The molecule has 0 spiro atoms. The van der Waals surface area contributed by atoms with E-state index in [1.807, 2.05) is 0 Å². The number of anilines is 1. The summed E-state index contributed by atoms with van der Waals surface area (Å²) >= 11 is 0. The van der Waals surface area contributed by atoms with Crippen molar-refractivity contribution < 1.29 is 27.6 Å². The Bertz CT molecular complexity index is 576. The third kappa shape index (κ3) is 5.97. The molecule has 0 saturated heterocycles. The second kappa shape index (κ2) is 7.61. The third-order valence-corrected chi connectivity index (χ3v) is 2.79. The standard InChI is InChI=1S/C14H16F3N3O3/c1-8(12(22)20-10-6-4-3-5-7-10)18-11(21)9(2)19-13(23)14(15,16)17/h3-9H,1-2H3,(H,18,21)(H,19,23)(H,20,22)/t8-,9-/m0/s1. The molecule has 0 aliphatic carbocycles. The van der Waals surface area contributed by atoms with Gasteiger partial charge in [-0.15, -0.1) is 0 Å². The van der Waals surface area contributed by atoms with Gasteiger partial charge in [0.25, 0.3) is 0 Å². The van der Waals surface area contributed by atoms with Crippen molar-refractivity contribution in [3.8, 4) is 0 Å². The highest BCUT2D eigenvalue weighted by molar-refractivity contribution is 5.98. The number of hydrogen-bond acceptors (Lipinski definition) is 3. The van der Waals surface area contributed by atoms with Gasteiger partial charge in [-0.3, -0.25) is 14.4 Å². The molecule has 0 bridgehead atoms. The van der Waals surface area contributed by atoms with E-state index in [1.165, 1.54) is 12.2 Å². The minimum atomic E-state index is -5.08. The van der Waals surface area contributed by atoms with Crippen molar-refractivity contribution in [3.05, 3.63) is 30.3 Å². The third-order valence-electron chi connectivity index (χ3n) is 2.79. The van der Waals surface area contributed by atoms with Crippen molar-refractivity contribution >= 4 is 23.4 Å². The summed E-state index contributed by atoms with van der Waals surface area (Å²) in [5.74, 6) is -3.67. The summed E-state index contributed by atoms with van der Waals surface area (Å²) in [6, 6.07) is 6.01. The molecule has 2 atom stereocenters. The first-order valence-electron chi connectivity index (χ1n) is 6.65. The molecule has 6 nitrogen and oxygen atoms in total. The molecule has 126 valence electrons. The van der Waals surface area contributed by atoms with Gasteiger partial charge in [0.1, 0.15) is 12.1 Å². The predicted molar refractivity (Wildman–Crippen MR) is 76.3 cm³/mol. The molecule has 0 saturated carbocycles. The van der Waals surface area contributed by atoms with Gasteiger partial charge in [0, 0.05) is 5.69 Å². The van der Waals surface area contributed by atoms with Crippen molar-refractivity contribution in [2.45, 2.75) is 32.1 Å². The monoisotopic (exact) mass is 331 g/mol. The van der Waals surface area contributed by atoms with Crippen molar-refractivity contribution in [3.63, 3.8) is 0 Å². The topological polar surface area (TPSA) is 87.3 Å². The normalized spacial score (nSPS) is 13.6. The number of hydrogen-bond donors (Lipinski definition) is 3. The van der Waals surface area contributed by atoms with E-state index < -0.39 is 36.0 Å². The summed E-state index contributed by atoms with van der Waals surface area (Å²) in [6.07, 6.45) is -5.08. The molecule has 0 aromatic heterocycles. The summed E-state index contributed by atoms with van der Waals surface area (Å²) in [4.78, 5) is 34.3. The summed E-state index contributed by atoms with van der Waals surface area (Å²) in [6.45, 7) is 2.45. The van der Waals surface area contributed by atoms with Crippen LogP contribution in [0.4, 0.5) is 18.9 Å². The van der Waals surface area contributed by atoms with E-state index in [1.54, 1.807) is 30.3 Å². The molecule has 0 unspecified atom stereocenters. The molecule has 0 aliphatic heterocycles. The number of benzene rings is 1. The van der Waals surface area contributed by atoms with Gasteiger partial charge in [0.15, 0.2) is 0 Å². The van der Waals surface area contributed by atoms with Gasteiger partial charge >= 0.3 is 12.1 Å².